The Morgan fingerprint density at radius 3 is 2.09 bits per heavy atom. The summed E-state index contributed by atoms with van der Waals surface area (Å²) < 4.78 is 16.8. The molecule has 0 bridgehead atoms. The zero-order chi connectivity index (χ0) is 16.7. The van der Waals surface area contributed by atoms with E-state index in [0.29, 0.717) is 17.5 Å². The molecule has 1 saturated heterocycles. The van der Waals surface area contributed by atoms with E-state index in [0.717, 1.165) is 16.7 Å². The van der Waals surface area contributed by atoms with Gasteiger partial charge in [-0.25, -0.2) is 0 Å². The molecule has 2 aromatic rings. The van der Waals surface area contributed by atoms with E-state index in [9.17, 15) is 4.79 Å². The summed E-state index contributed by atoms with van der Waals surface area (Å²) in [5, 5.41) is 0.671. The van der Waals surface area contributed by atoms with Crippen LogP contribution in [-0.2, 0) is 13.9 Å². The van der Waals surface area contributed by atoms with E-state index < -0.39 is 7.28 Å². The van der Waals surface area contributed by atoms with Gasteiger partial charge in [-0.1, -0.05) is 0 Å². The zero-order valence-electron chi connectivity index (χ0n) is 13.8. The summed E-state index contributed by atoms with van der Waals surface area (Å²) in [5.41, 5.74) is 3.37. The third-order valence-electron chi connectivity index (χ3n) is 4.09. The Labute approximate surface area is 136 Å². The number of carbonyl (C=O) groups excluding carboxylic acids is 1. The average molecular weight is 332 g/mol. The molecule has 0 aromatic heterocycles. The van der Waals surface area contributed by atoms with E-state index in [1.165, 1.54) is 0 Å². The molecule has 2 aromatic carbocycles. The summed E-state index contributed by atoms with van der Waals surface area (Å²) in [5.74, 6) is 0. The second kappa shape index (κ2) is 5.50. The molecule has 1 fully saturated rings. The van der Waals surface area contributed by atoms with Crippen LogP contribution in [0, 0.1) is 20.8 Å². The fourth-order valence-electron chi connectivity index (χ4n) is 3.12. The van der Waals surface area contributed by atoms with E-state index >= 15 is 0 Å². The standard InChI is InChI=1S/C18H21O4P/c1-5-20-23(21-22-23,16-9-7-6-8-10-16)18(19)17-14(3)11-13(2)12-15(17)4/h6-12H,5H2,1-4H3. The van der Waals surface area contributed by atoms with Crippen LogP contribution in [0.2, 0.25) is 0 Å². The van der Waals surface area contributed by atoms with E-state index in [1.807, 2.05) is 70.2 Å². The fourth-order valence-corrected chi connectivity index (χ4v) is 6.29. The Balaban J connectivity index is 2.20. The van der Waals surface area contributed by atoms with Crippen molar-refractivity contribution < 1.29 is 18.7 Å². The van der Waals surface area contributed by atoms with Gasteiger partial charge in [0.05, 0.1) is 0 Å². The maximum absolute atomic E-state index is 13.5. The van der Waals surface area contributed by atoms with Gasteiger partial charge in [-0.3, -0.25) is 0 Å². The van der Waals surface area contributed by atoms with Crippen molar-refractivity contribution in [1.29, 1.82) is 0 Å². The van der Waals surface area contributed by atoms with Crippen LogP contribution in [0.3, 0.4) is 0 Å². The number of rotatable bonds is 5. The van der Waals surface area contributed by atoms with Crippen molar-refractivity contribution in [3.8, 4) is 0 Å². The summed E-state index contributed by atoms with van der Waals surface area (Å²) >= 11 is 0. The summed E-state index contributed by atoms with van der Waals surface area (Å²) in [6, 6.07) is 13.3. The van der Waals surface area contributed by atoms with E-state index in [2.05, 4.69) is 0 Å². The predicted molar refractivity (Wildman–Crippen MR) is 91.8 cm³/mol. The van der Waals surface area contributed by atoms with Crippen molar-refractivity contribution in [3.05, 3.63) is 64.7 Å². The van der Waals surface area contributed by atoms with Crippen molar-refractivity contribution in [2.45, 2.75) is 27.7 Å². The minimum atomic E-state index is -3.93. The van der Waals surface area contributed by atoms with Gasteiger partial charge >= 0.3 is 136 Å². The van der Waals surface area contributed by atoms with Gasteiger partial charge in [0.25, 0.3) is 0 Å². The molecule has 0 radical (unpaired) electrons. The van der Waals surface area contributed by atoms with Gasteiger partial charge in [-0.2, -0.15) is 0 Å². The molecule has 0 N–H and O–H groups in total. The molecule has 0 aliphatic carbocycles. The number of hydrogen-bond donors (Lipinski definition) is 0. The van der Waals surface area contributed by atoms with Gasteiger partial charge in [-0.15, -0.1) is 0 Å². The summed E-state index contributed by atoms with van der Waals surface area (Å²) in [4.78, 5) is 13.5. The summed E-state index contributed by atoms with van der Waals surface area (Å²) in [6.45, 7) is 8.05. The Bertz CT molecular complexity index is 743. The Morgan fingerprint density at radius 2 is 1.61 bits per heavy atom. The molecule has 1 aliphatic heterocycles. The van der Waals surface area contributed by atoms with Gasteiger partial charge < -0.3 is 0 Å². The first-order chi connectivity index (χ1) is 10.9. The predicted octanol–water partition coefficient (Wildman–Crippen LogP) is 4.37. The van der Waals surface area contributed by atoms with E-state index in [4.69, 9.17) is 13.9 Å². The minimum absolute atomic E-state index is 0.195. The maximum atomic E-state index is 13.5. The number of hydrogen-bond acceptors (Lipinski definition) is 4. The van der Waals surface area contributed by atoms with Crippen LogP contribution in [0.15, 0.2) is 42.5 Å². The number of carbonyl (C=O) groups is 1. The number of aryl methyl sites for hydroxylation is 3. The van der Waals surface area contributed by atoms with Crippen LogP contribution < -0.4 is 5.30 Å². The van der Waals surface area contributed by atoms with Crippen molar-refractivity contribution in [2.75, 3.05) is 6.61 Å². The normalized spacial score (nSPS) is 19.6. The van der Waals surface area contributed by atoms with Gasteiger partial charge in [-0.05, 0) is 0 Å². The second-order valence-corrected chi connectivity index (χ2v) is 9.11. The summed E-state index contributed by atoms with van der Waals surface area (Å²) in [6.07, 6.45) is 0. The molecular weight excluding hydrogens is 311 g/mol. The molecule has 1 heterocycles. The third-order valence-corrected chi connectivity index (χ3v) is 7.50. The Kier molecular flexibility index (Phi) is 3.89. The van der Waals surface area contributed by atoms with Gasteiger partial charge in [0.15, 0.2) is 0 Å². The molecule has 0 amide bonds. The van der Waals surface area contributed by atoms with Crippen LogP contribution in [0.25, 0.3) is 0 Å². The van der Waals surface area contributed by atoms with E-state index in [-0.39, 0.29) is 5.52 Å². The molecule has 23 heavy (non-hydrogen) atoms. The molecule has 3 rings (SSSR count). The van der Waals surface area contributed by atoms with Crippen molar-refractivity contribution in [1.82, 2.24) is 0 Å². The van der Waals surface area contributed by atoms with Gasteiger partial charge in [0.2, 0.25) is 0 Å². The molecule has 4 nitrogen and oxygen atoms in total. The Morgan fingerprint density at radius 1 is 1.04 bits per heavy atom. The van der Waals surface area contributed by atoms with Crippen LogP contribution in [-0.4, -0.2) is 12.1 Å². The second-order valence-electron chi connectivity index (χ2n) is 5.86. The average Bonchev–Trinajstić information content (AvgIpc) is 3.25. The molecule has 5 heteroatoms. The molecule has 0 unspecified atom stereocenters. The number of benzene rings is 2. The van der Waals surface area contributed by atoms with Crippen molar-refractivity contribution in [3.63, 3.8) is 0 Å². The quantitative estimate of drug-likeness (QED) is 0.463. The first-order valence-electron chi connectivity index (χ1n) is 7.68. The molecule has 0 atom stereocenters. The third kappa shape index (κ3) is 2.34. The molecule has 0 spiro atoms. The molecular formula is C18H21O4P. The van der Waals surface area contributed by atoms with Crippen LogP contribution in [0.1, 0.15) is 34.0 Å². The summed E-state index contributed by atoms with van der Waals surface area (Å²) in [7, 11) is -3.93. The van der Waals surface area contributed by atoms with Crippen molar-refractivity contribution in [2.24, 2.45) is 0 Å². The molecule has 1 aliphatic rings. The van der Waals surface area contributed by atoms with Crippen LogP contribution in [0.5, 0.6) is 0 Å². The first-order valence-corrected chi connectivity index (χ1v) is 9.67. The van der Waals surface area contributed by atoms with Crippen molar-refractivity contribution >= 4 is 18.1 Å². The topological polar surface area (TPSA) is 51.4 Å². The fraction of sp³-hybridized carbons (Fsp3) is 0.278. The first kappa shape index (κ1) is 16.3. The van der Waals surface area contributed by atoms with Gasteiger partial charge in [0, 0.05) is 0 Å². The van der Waals surface area contributed by atoms with Crippen LogP contribution in [0.4, 0.5) is 0 Å². The zero-order valence-corrected chi connectivity index (χ0v) is 14.7. The van der Waals surface area contributed by atoms with Gasteiger partial charge in [0.1, 0.15) is 0 Å². The Hall–Kier alpha value is -1.58. The van der Waals surface area contributed by atoms with E-state index in [1.54, 1.807) is 0 Å². The monoisotopic (exact) mass is 332 g/mol. The molecule has 122 valence electrons. The van der Waals surface area contributed by atoms with Crippen LogP contribution >= 0.6 is 7.28 Å². The SMILES string of the molecule is CCOP1(C(=O)c2c(C)cc(C)cc2C)(c2ccccc2)OO1. The molecule has 0 saturated carbocycles.